The molecule has 2 aliphatic heterocycles. The van der Waals surface area contributed by atoms with E-state index in [0.717, 1.165) is 5.69 Å². The second-order valence-corrected chi connectivity index (χ2v) is 10.5. The van der Waals surface area contributed by atoms with Gasteiger partial charge in [-0.1, -0.05) is 19.9 Å². The summed E-state index contributed by atoms with van der Waals surface area (Å²) in [5.74, 6) is -0.629. The molecule has 1 atom stereocenters. The lowest BCUT2D eigenvalue weighted by atomic mass is 9.82. The Labute approximate surface area is 160 Å². The third-order valence-corrected chi connectivity index (χ3v) is 8.12. The van der Waals surface area contributed by atoms with Crippen LogP contribution in [0.15, 0.2) is 24.4 Å². The summed E-state index contributed by atoms with van der Waals surface area (Å²) in [5.41, 5.74) is 0.778. The van der Waals surface area contributed by atoms with Gasteiger partial charge in [0, 0.05) is 32.8 Å². The van der Waals surface area contributed by atoms with Gasteiger partial charge in [-0.3, -0.25) is 14.6 Å². The highest BCUT2D eigenvalue weighted by Gasteiger charge is 2.64. The zero-order chi connectivity index (χ0) is 19.8. The van der Waals surface area contributed by atoms with Crippen LogP contribution in [0.4, 0.5) is 0 Å². The average molecular weight is 394 g/mol. The van der Waals surface area contributed by atoms with Gasteiger partial charge in [0.25, 0.3) is 0 Å². The maximum atomic E-state index is 13.4. The minimum atomic E-state index is -3.40. The molecule has 2 fully saturated rings. The summed E-state index contributed by atoms with van der Waals surface area (Å²) in [5, 5.41) is 0. The monoisotopic (exact) mass is 393 g/mol. The Morgan fingerprint density at radius 1 is 1.33 bits per heavy atom. The van der Waals surface area contributed by atoms with E-state index in [9.17, 15) is 18.0 Å². The van der Waals surface area contributed by atoms with E-state index in [1.54, 1.807) is 11.1 Å². The molecule has 0 saturated carbocycles. The number of aromatic nitrogens is 1. The summed E-state index contributed by atoms with van der Waals surface area (Å²) in [6, 6.07) is 5.56. The molecule has 1 spiro atoms. The highest BCUT2D eigenvalue weighted by atomic mass is 32.2. The van der Waals surface area contributed by atoms with Crippen LogP contribution in [0.2, 0.25) is 0 Å². The maximum absolute atomic E-state index is 13.4. The molecule has 2 amide bonds. The van der Waals surface area contributed by atoms with Gasteiger partial charge in [-0.15, -0.1) is 0 Å². The predicted octanol–water partition coefficient (Wildman–Crippen LogP) is 1.10. The number of sulfone groups is 1. The van der Waals surface area contributed by atoms with Crippen molar-refractivity contribution in [1.82, 2.24) is 14.8 Å². The van der Waals surface area contributed by atoms with Crippen molar-refractivity contribution in [3.05, 3.63) is 30.1 Å². The van der Waals surface area contributed by atoms with Gasteiger partial charge < -0.3 is 9.80 Å². The molecule has 8 heteroatoms. The van der Waals surface area contributed by atoms with Crippen molar-refractivity contribution in [3.63, 3.8) is 0 Å². The molecule has 1 unspecified atom stereocenters. The molecule has 2 saturated heterocycles. The Kier molecular flexibility index (Phi) is 5.29. The Balaban J connectivity index is 1.85. The zero-order valence-electron chi connectivity index (χ0n) is 16.1. The van der Waals surface area contributed by atoms with Gasteiger partial charge in [0.2, 0.25) is 11.8 Å². The fraction of sp³-hybridized carbons (Fsp3) is 0.632. The molecule has 7 nitrogen and oxygen atoms in total. The predicted molar refractivity (Wildman–Crippen MR) is 101 cm³/mol. The molecule has 0 radical (unpaired) electrons. The van der Waals surface area contributed by atoms with E-state index in [1.165, 1.54) is 11.8 Å². The summed E-state index contributed by atoms with van der Waals surface area (Å²) in [4.78, 5) is 32.5. The van der Waals surface area contributed by atoms with Crippen LogP contribution in [0, 0.1) is 11.8 Å². The Morgan fingerprint density at radius 2 is 2.04 bits per heavy atom. The molecule has 1 aromatic heterocycles. The fourth-order valence-corrected chi connectivity index (χ4v) is 6.43. The molecule has 148 valence electrons. The third kappa shape index (κ3) is 3.59. The molecular formula is C19H27N3O4S. The second-order valence-electron chi connectivity index (χ2n) is 8.03. The van der Waals surface area contributed by atoms with Crippen molar-refractivity contribution >= 4 is 21.7 Å². The van der Waals surface area contributed by atoms with Crippen LogP contribution in [-0.4, -0.2) is 65.2 Å². The summed E-state index contributed by atoms with van der Waals surface area (Å²) in [6.45, 7) is 6.64. The van der Waals surface area contributed by atoms with E-state index in [1.807, 2.05) is 32.0 Å². The lowest BCUT2D eigenvalue weighted by Crippen LogP contribution is -2.69. The smallest absolute Gasteiger partial charge is 0.227 e. The number of likely N-dealkylation sites (tertiary alicyclic amines) is 1. The van der Waals surface area contributed by atoms with Crippen LogP contribution in [0.3, 0.4) is 0 Å². The van der Waals surface area contributed by atoms with E-state index in [4.69, 9.17) is 0 Å². The van der Waals surface area contributed by atoms with Gasteiger partial charge in [-0.05, 0) is 24.5 Å². The van der Waals surface area contributed by atoms with Crippen LogP contribution in [0.25, 0.3) is 0 Å². The van der Waals surface area contributed by atoms with Gasteiger partial charge in [0.15, 0.2) is 9.84 Å². The minimum absolute atomic E-state index is 0.00819. The zero-order valence-corrected chi connectivity index (χ0v) is 16.9. The molecule has 0 bridgehead atoms. The molecule has 3 heterocycles. The van der Waals surface area contributed by atoms with Crippen molar-refractivity contribution in [2.45, 2.75) is 38.5 Å². The fourth-order valence-electron chi connectivity index (χ4n) is 4.12. The number of nitrogens with zero attached hydrogens (tertiary/aromatic N) is 3. The van der Waals surface area contributed by atoms with Crippen molar-refractivity contribution in [2.75, 3.05) is 25.4 Å². The molecule has 27 heavy (non-hydrogen) atoms. The van der Waals surface area contributed by atoms with E-state index in [2.05, 4.69) is 4.98 Å². The first-order valence-corrected chi connectivity index (χ1v) is 11.0. The van der Waals surface area contributed by atoms with Gasteiger partial charge >= 0.3 is 0 Å². The topological polar surface area (TPSA) is 87.7 Å². The number of pyridine rings is 1. The van der Waals surface area contributed by atoms with Crippen LogP contribution < -0.4 is 0 Å². The summed E-state index contributed by atoms with van der Waals surface area (Å²) < 4.78 is 24.3. The Morgan fingerprint density at radius 3 is 2.59 bits per heavy atom. The quantitative estimate of drug-likeness (QED) is 0.748. The van der Waals surface area contributed by atoms with Gasteiger partial charge in [-0.25, -0.2) is 8.42 Å². The normalized spacial score (nSPS) is 22.7. The summed E-state index contributed by atoms with van der Waals surface area (Å²) in [6.07, 6.45) is 2.01. The molecule has 0 aromatic carbocycles. The molecule has 0 aliphatic carbocycles. The van der Waals surface area contributed by atoms with E-state index in [0.29, 0.717) is 19.5 Å². The molecular weight excluding hydrogens is 366 g/mol. The highest BCUT2D eigenvalue weighted by Crippen LogP contribution is 2.45. The SMILES string of the molecule is CC(=O)N1CC2(C1)C(C(=O)N(Cc1ccccn1)CC(C)C)CCS2(=O)=O. The molecule has 2 aliphatic rings. The maximum Gasteiger partial charge on any atom is 0.227 e. The van der Waals surface area contributed by atoms with E-state index in [-0.39, 0.29) is 36.6 Å². The van der Waals surface area contributed by atoms with Gasteiger partial charge in [0.1, 0.15) is 4.75 Å². The minimum Gasteiger partial charge on any atom is -0.340 e. The van der Waals surface area contributed by atoms with Gasteiger partial charge in [0.05, 0.1) is 23.9 Å². The van der Waals surface area contributed by atoms with E-state index < -0.39 is 20.5 Å². The van der Waals surface area contributed by atoms with Crippen molar-refractivity contribution in [2.24, 2.45) is 11.8 Å². The number of rotatable bonds is 5. The first-order valence-electron chi connectivity index (χ1n) is 9.33. The standard InChI is InChI=1S/C19H27N3O4S/c1-14(2)10-21(11-16-6-4-5-8-20-16)18(24)17-7-9-27(25,26)19(17)12-22(13-19)15(3)23/h4-6,8,14,17H,7,9-13H2,1-3H3. The highest BCUT2D eigenvalue weighted by molar-refractivity contribution is 7.93. The molecule has 0 N–H and O–H groups in total. The number of carbonyl (C=O) groups is 2. The lowest BCUT2D eigenvalue weighted by Gasteiger charge is -2.49. The average Bonchev–Trinajstić information content (AvgIpc) is 2.83. The number of hydrogen-bond donors (Lipinski definition) is 0. The van der Waals surface area contributed by atoms with Crippen LogP contribution in [-0.2, 0) is 26.0 Å². The molecule has 3 rings (SSSR count). The van der Waals surface area contributed by atoms with E-state index >= 15 is 0 Å². The van der Waals surface area contributed by atoms with Crippen molar-refractivity contribution in [1.29, 1.82) is 0 Å². The lowest BCUT2D eigenvalue weighted by molar-refractivity contribution is -0.144. The first kappa shape index (κ1) is 19.8. The summed E-state index contributed by atoms with van der Waals surface area (Å²) >= 11 is 0. The number of amides is 2. The van der Waals surface area contributed by atoms with Crippen LogP contribution in [0.5, 0.6) is 0 Å². The third-order valence-electron chi connectivity index (χ3n) is 5.57. The van der Waals surface area contributed by atoms with Crippen LogP contribution in [0.1, 0.15) is 32.9 Å². The van der Waals surface area contributed by atoms with Crippen molar-refractivity contribution < 1.29 is 18.0 Å². The van der Waals surface area contributed by atoms with Crippen molar-refractivity contribution in [3.8, 4) is 0 Å². The van der Waals surface area contributed by atoms with Gasteiger partial charge in [-0.2, -0.15) is 0 Å². The Hall–Kier alpha value is -1.96. The number of carbonyl (C=O) groups excluding carboxylic acids is 2. The second kappa shape index (κ2) is 7.22. The summed E-state index contributed by atoms with van der Waals surface area (Å²) in [7, 11) is -3.40. The van der Waals surface area contributed by atoms with Crippen LogP contribution >= 0.6 is 0 Å². The number of hydrogen-bond acceptors (Lipinski definition) is 5. The Bertz CT molecular complexity index is 817. The largest absolute Gasteiger partial charge is 0.340 e. The first-order chi connectivity index (χ1) is 12.7. The molecule has 1 aromatic rings.